The third-order valence-corrected chi connectivity index (χ3v) is 6.50. The first-order chi connectivity index (χ1) is 14.8. The van der Waals surface area contributed by atoms with Crippen molar-refractivity contribution in [3.05, 3.63) is 83.7 Å². The molecule has 0 saturated carbocycles. The molecule has 1 amide bonds. The van der Waals surface area contributed by atoms with Gasteiger partial charge in [-0.3, -0.25) is 14.1 Å². The number of nitrogens with zero attached hydrogens (tertiary/aromatic N) is 2. The minimum atomic E-state index is -4.08. The number of pyridine rings is 1. The first-order valence-corrected chi connectivity index (χ1v) is 11.1. The van der Waals surface area contributed by atoms with Gasteiger partial charge in [-0.1, -0.05) is 29.8 Å². The van der Waals surface area contributed by atoms with Gasteiger partial charge in [-0.25, -0.2) is 8.42 Å². The van der Waals surface area contributed by atoms with Gasteiger partial charge in [0, 0.05) is 18.9 Å². The van der Waals surface area contributed by atoms with Gasteiger partial charge < -0.3 is 10.1 Å². The number of hydrogen-bond donors (Lipinski definition) is 1. The molecule has 162 valence electrons. The van der Waals surface area contributed by atoms with Crippen molar-refractivity contribution in [1.82, 2.24) is 10.3 Å². The molecule has 0 radical (unpaired) electrons. The van der Waals surface area contributed by atoms with Crippen LogP contribution in [0.4, 0.5) is 5.69 Å². The summed E-state index contributed by atoms with van der Waals surface area (Å²) in [4.78, 5) is 16.7. The summed E-state index contributed by atoms with van der Waals surface area (Å²) in [6.45, 7) is 3.59. The Labute approximate surface area is 182 Å². The summed E-state index contributed by atoms with van der Waals surface area (Å²) in [7, 11) is -2.66. The van der Waals surface area contributed by atoms with Crippen LogP contribution in [0.2, 0.25) is 0 Å². The van der Waals surface area contributed by atoms with E-state index in [-0.39, 0.29) is 23.7 Å². The van der Waals surface area contributed by atoms with Crippen molar-refractivity contribution >= 4 is 21.6 Å². The van der Waals surface area contributed by atoms with Crippen molar-refractivity contribution in [2.24, 2.45) is 0 Å². The first kappa shape index (κ1) is 22.3. The summed E-state index contributed by atoms with van der Waals surface area (Å²) in [6, 6.07) is 15.5. The zero-order valence-electron chi connectivity index (χ0n) is 17.7. The number of rotatable bonds is 8. The topological polar surface area (TPSA) is 88.6 Å². The molecule has 0 unspecified atom stereocenters. The predicted octanol–water partition coefficient (Wildman–Crippen LogP) is 3.22. The lowest BCUT2D eigenvalue weighted by atomic mass is 10.2. The molecule has 2 aromatic carbocycles. The molecule has 8 heteroatoms. The molecule has 3 aromatic rings. The molecule has 0 fully saturated rings. The Bertz CT molecular complexity index is 1150. The minimum absolute atomic E-state index is 0.00985. The van der Waals surface area contributed by atoms with E-state index in [1.807, 2.05) is 13.0 Å². The largest absolute Gasteiger partial charge is 0.495 e. The molecule has 1 heterocycles. The normalized spacial score (nSPS) is 11.1. The molecule has 1 aromatic heterocycles. The van der Waals surface area contributed by atoms with Crippen LogP contribution in [0.5, 0.6) is 5.75 Å². The molecule has 7 nitrogen and oxygen atoms in total. The smallest absolute Gasteiger partial charge is 0.268 e. The van der Waals surface area contributed by atoms with Gasteiger partial charge in [0.05, 0.1) is 12.8 Å². The van der Waals surface area contributed by atoms with Gasteiger partial charge in [0.15, 0.2) is 0 Å². The number of benzene rings is 2. The highest BCUT2D eigenvalue weighted by molar-refractivity contribution is 7.93. The molecule has 0 atom stereocenters. The number of nitrogens with one attached hydrogen (secondary N) is 1. The van der Waals surface area contributed by atoms with Crippen molar-refractivity contribution < 1.29 is 17.9 Å². The van der Waals surface area contributed by atoms with Gasteiger partial charge in [0.25, 0.3) is 10.0 Å². The fraction of sp³-hybridized carbons (Fsp3) is 0.217. The zero-order valence-corrected chi connectivity index (χ0v) is 18.5. The minimum Gasteiger partial charge on any atom is -0.495 e. The van der Waals surface area contributed by atoms with E-state index in [2.05, 4.69) is 10.3 Å². The van der Waals surface area contributed by atoms with E-state index in [1.54, 1.807) is 67.8 Å². The zero-order chi connectivity index (χ0) is 22.4. The van der Waals surface area contributed by atoms with Gasteiger partial charge >= 0.3 is 0 Å². The molecule has 3 rings (SSSR count). The number of sulfonamides is 1. The van der Waals surface area contributed by atoms with Crippen molar-refractivity contribution in [2.75, 3.05) is 18.0 Å². The second-order valence-corrected chi connectivity index (χ2v) is 8.97. The van der Waals surface area contributed by atoms with Gasteiger partial charge in [0.1, 0.15) is 17.2 Å². The summed E-state index contributed by atoms with van der Waals surface area (Å²) in [6.07, 6.45) is 3.29. The Morgan fingerprint density at radius 1 is 1.06 bits per heavy atom. The standard InChI is InChI=1S/C23H25N3O4S/c1-17-6-9-20(10-7-17)26(16-23(27)25-15-19-5-4-12-24-14-19)31(28,29)22-13-18(2)8-11-21(22)30-3/h4-14H,15-16H2,1-3H3,(H,25,27). The number of aryl methyl sites for hydroxylation is 2. The van der Waals surface area contributed by atoms with Crippen LogP contribution >= 0.6 is 0 Å². The second-order valence-electron chi connectivity index (χ2n) is 7.14. The molecule has 31 heavy (non-hydrogen) atoms. The number of amides is 1. The SMILES string of the molecule is COc1ccc(C)cc1S(=O)(=O)N(CC(=O)NCc1cccnc1)c1ccc(C)cc1. The van der Waals surface area contributed by atoms with Crippen LogP contribution < -0.4 is 14.4 Å². The monoisotopic (exact) mass is 439 g/mol. The molecule has 0 bridgehead atoms. The maximum Gasteiger partial charge on any atom is 0.268 e. The van der Waals surface area contributed by atoms with E-state index < -0.39 is 15.9 Å². The first-order valence-electron chi connectivity index (χ1n) is 9.71. The molecule has 0 spiro atoms. The Morgan fingerprint density at radius 2 is 1.77 bits per heavy atom. The maximum absolute atomic E-state index is 13.6. The summed E-state index contributed by atoms with van der Waals surface area (Å²) in [5, 5.41) is 2.76. The lowest BCUT2D eigenvalue weighted by molar-refractivity contribution is -0.119. The number of carbonyl (C=O) groups excluding carboxylic acids is 1. The van der Waals surface area contributed by atoms with Crippen LogP contribution in [0.15, 0.2) is 71.9 Å². The summed E-state index contributed by atoms with van der Waals surface area (Å²) in [5.74, 6) is -0.210. The molecule has 0 aliphatic carbocycles. The van der Waals surface area contributed by atoms with E-state index >= 15 is 0 Å². The van der Waals surface area contributed by atoms with Crippen molar-refractivity contribution in [2.45, 2.75) is 25.3 Å². The molecule has 0 aliphatic heterocycles. The third kappa shape index (κ3) is 5.40. The van der Waals surface area contributed by atoms with Gasteiger partial charge in [-0.2, -0.15) is 0 Å². The number of methoxy groups -OCH3 is 1. The number of carbonyl (C=O) groups is 1. The van der Waals surface area contributed by atoms with Crippen LogP contribution in [0.25, 0.3) is 0 Å². The number of ether oxygens (including phenoxy) is 1. The molecule has 0 saturated heterocycles. The van der Waals surface area contributed by atoms with Crippen LogP contribution in [0.3, 0.4) is 0 Å². The second kappa shape index (κ2) is 9.61. The summed E-state index contributed by atoms with van der Waals surface area (Å²) >= 11 is 0. The van der Waals surface area contributed by atoms with Gasteiger partial charge in [-0.15, -0.1) is 0 Å². The van der Waals surface area contributed by atoms with E-state index in [1.165, 1.54) is 7.11 Å². The molecule has 1 N–H and O–H groups in total. The fourth-order valence-corrected chi connectivity index (χ4v) is 4.68. The van der Waals surface area contributed by atoms with Crippen molar-refractivity contribution in [3.63, 3.8) is 0 Å². The Balaban J connectivity index is 1.94. The van der Waals surface area contributed by atoms with E-state index in [9.17, 15) is 13.2 Å². The Hall–Kier alpha value is -3.39. The van der Waals surface area contributed by atoms with Gasteiger partial charge in [0.2, 0.25) is 5.91 Å². The molecular weight excluding hydrogens is 414 g/mol. The lowest BCUT2D eigenvalue weighted by Crippen LogP contribution is -2.40. The Morgan fingerprint density at radius 3 is 2.42 bits per heavy atom. The molecule has 0 aliphatic rings. The average Bonchev–Trinajstić information content (AvgIpc) is 2.77. The third-order valence-electron chi connectivity index (χ3n) is 4.71. The van der Waals surface area contributed by atoms with Gasteiger partial charge in [-0.05, 0) is 55.3 Å². The van der Waals surface area contributed by atoms with Crippen LogP contribution in [0.1, 0.15) is 16.7 Å². The predicted molar refractivity (Wildman–Crippen MR) is 120 cm³/mol. The van der Waals surface area contributed by atoms with E-state index in [4.69, 9.17) is 4.74 Å². The maximum atomic E-state index is 13.6. The fourth-order valence-electron chi connectivity index (χ4n) is 3.02. The van der Waals surface area contributed by atoms with Crippen molar-refractivity contribution in [3.8, 4) is 5.75 Å². The van der Waals surface area contributed by atoms with Crippen LogP contribution in [0, 0.1) is 13.8 Å². The quantitative estimate of drug-likeness (QED) is 0.582. The summed E-state index contributed by atoms with van der Waals surface area (Å²) in [5.41, 5.74) is 2.96. The average molecular weight is 440 g/mol. The highest BCUT2D eigenvalue weighted by Crippen LogP contribution is 2.31. The van der Waals surface area contributed by atoms with E-state index in [0.29, 0.717) is 5.69 Å². The molecular formula is C23H25N3O4S. The number of aromatic nitrogens is 1. The highest BCUT2D eigenvalue weighted by Gasteiger charge is 2.30. The van der Waals surface area contributed by atoms with Crippen LogP contribution in [-0.4, -0.2) is 33.0 Å². The highest BCUT2D eigenvalue weighted by atomic mass is 32.2. The summed E-state index contributed by atoms with van der Waals surface area (Å²) < 4.78 is 33.6. The van der Waals surface area contributed by atoms with Crippen LogP contribution in [-0.2, 0) is 21.4 Å². The Kier molecular flexibility index (Phi) is 6.91. The lowest BCUT2D eigenvalue weighted by Gasteiger charge is -2.25. The number of anilines is 1. The van der Waals surface area contributed by atoms with Crippen molar-refractivity contribution in [1.29, 1.82) is 0 Å². The number of hydrogen-bond acceptors (Lipinski definition) is 5. The van der Waals surface area contributed by atoms with E-state index in [0.717, 1.165) is 21.0 Å².